The van der Waals surface area contributed by atoms with Crippen molar-refractivity contribution in [3.63, 3.8) is 0 Å². The van der Waals surface area contributed by atoms with Crippen molar-refractivity contribution in [2.75, 3.05) is 41.5 Å². The number of likely N-dealkylation sites (N-methyl/N-ethyl adjacent to an activating group) is 1. The number of rotatable bonds is 13. The Balaban J connectivity index is 1.56. The van der Waals surface area contributed by atoms with Crippen LogP contribution < -0.4 is 14.2 Å². The summed E-state index contributed by atoms with van der Waals surface area (Å²) in [6.07, 6.45) is 3.12. The van der Waals surface area contributed by atoms with E-state index in [4.69, 9.17) is 14.2 Å². The van der Waals surface area contributed by atoms with Crippen LogP contribution in [0.25, 0.3) is 10.9 Å². The minimum atomic E-state index is -4.09. The van der Waals surface area contributed by atoms with Gasteiger partial charge in [0.2, 0.25) is 9.84 Å². The molecule has 0 spiro atoms. The van der Waals surface area contributed by atoms with E-state index in [0.717, 1.165) is 35.2 Å². The predicted octanol–water partition coefficient (Wildman–Crippen LogP) is 5.41. The molecule has 8 nitrogen and oxygen atoms in total. The quantitative estimate of drug-likeness (QED) is 0.209. The summed E-state index contributed by atoms with van der Waals surface area (Å²) in [7, 11) is 2.54. The molecule has 3 aromatic carbocycles. The summed E-state index contributed by atoms with van der Waals surface area (Å²) in [4.78, 5) is 6.74. The van der Waals surface area contributed by atoms with Crippen LogP contribution in [0.4, 0.5) is 0 Å². The maximum atomic E-state index is 14.1. The molecule has 0 radical (unpaired) electrons. The number of hydrogen-bond donors (Lipinski definition) is 0. The van der Waals surface area contributed by atoms with Crippen molar-refractivity contribution in [1.82, 2.24) is 9.88 Å². The summed E-state index contributed by atoms with van der Waals surface area (Å²) in [5, 5.41) is 11.6. The third-order valence-electron chi connectivity index (χ3n) is 7.42. The SMILES string of the molecule is COc1ccc(C(C#N)(CCCN(C)CCc2ccc(OC)c3ncccc23)S(=O)(=O)c2ccccc2)cc1OC. The lowest BCUT2D eigenvalue weighted by molar-refractivity contribution is 0.324. The Kier molecular flexibility index (Phi) is 9.48. The van der Waals surface area contributed by atoms with Gasteiger partial charge in [0.1, 0.15) is 11.3 Å². The Labute approximate surface area is 242 Å². The Morgan fingerprint density at radius 2 is 1.59 bits per heavy atom. The first-order chi connectivity index (χ1) is 19.8. The van der Waals surface area contributed by atoms with Gasteiger partial charge in [-0.2, -0.15) is 5.26 Å². The molecule has 0 aliphatic rings. The van der Waals surface area contributed by atoms with Crippen LogP contribution in [0.15, 0.2) is 83.9 Å². The number of ether oxygens (including phenoxy) is 3. The second-order valence-electron chi connectivity index (χ2n) is 9.81. The van der Waals surface area contributed by atoms with Gasteiger partial charge in [0.25, 0.3) is 0 Å². The zero-order valence-electron chi connectivity index (χ0n) is 23.8. The lowest BCUT2D eigenvalue weighted by Crippen LogP contribution is -2.36. The van der Waals surface area contributed by atoms with Gasteiger partial charge in [-0.3, -0.25) is 4.98 Å². The lowest BCUT2D eigenvalue weighted by Gasteiger charge is -2.29. The average molecular weight is 574 g/mol. The smallest absolute Gasteiger partial charge is 0.201 e. The topological polar surface area (TPSA) is 102 Å². The molecule has 0 amide bonds. The number of benzene rings is 3. The molecular formula is C32H35N3O5S. The molecular weight excluding hydrogens is 538 g/mol. The monoisotopic (exact) mass is 573 g/mol. The van der Waals surface area contributed by atoms with Gasteiger partial charge < -0.3 is 19.1 Å². The Morgan fingerprint density at radius 3 is 2.27 bits per heavy atom. The molecule has 0 N–H and O–H groups in total. The highest BCUT2D eigenvalue weighted by molar-refractivity contribution is 7.92. The predicted molar refractivity (Wildman–Crippen MR) is 159 cm³/mol. The van der Waals surface area contributed by atoms with Crippen molar-refractivity contribution in [3.8, 4) is 23.3 Å². The largest absolute Gasteiger partial charge is 0.494 e. The number of nitriles is 1. The van der Waals surface area contributed by atoms with E-state index in [0.29, 0.717) is 30.0 Å². The molecule has 1 heterocycles. The number of aromatic nitrogens is 1. The summed E-state index contributed by atoms with van der Waals surface area (Å²) in [6, 6.07) is 23.2. The molecule has 1 aromatic heterocycles. The molecule has 0 saturated carbocycles. The molecule has 1 unspecified atom stereocenters. The van der Waals surface area contributed by atoms with Crippen LogP contribution in [-0.4, -0.2) is 59.8 Å². The zero-order chi connectivity index (χ0) is 29.5. The van der Waals surface area contributed by atoms with Gasteiger partial charge in [0.15, 0.2) is 16.2 Å². The molecule has 0 saturated heterocycles. The van der Waals surface area contributed by atoms with Crippen molar-refractivity contribution in [3.05, 3.63) is 90.1 Å². The molecule has 4 aromatic rings. The zero-order valence-corrected chi connectivity index (χ0v) is 24.6. The van der Waals surface area contributed by atoms with Gasteiger partial charge >= 0.3 is 0 Å². The molecule has 0 bridgehead atoms. The van der Waals surface area contributed by atoms with E-state index in [9.17, 15) is 13.7 Å². The Hall–Kier alpha value is -4.13. The van der Waals surface area contributed by atoms with E-state index in [1.165, 1.54) is 26.4 Å². The number of fused-ring (bicyclic) bond motifs is 1. The van der Waals surface area contributed by atoms with Crippen LogP contribution in [0.2, 0.25) is 0 Å². The van der Waals surface area contributed by atoms with E-state index < -0.39 is 14.6 Å². The first-order valence-electron chi connectivity index (χ1n) is 13.3. The van der Waals surface area contributed by atoms with Crippen LogP contribution in [0.5, 0.6) is 17.2 Å². The summed E-state index contributed by atoms with van der Waals surface area (Å²) in [6.45, 7) is 1.35. The van der Waals surface area contributed by atoms with Crippen molar-refractivity contribution in [1.29, 1.82) is 5.26 Å². The normalized spacial score (nSPS) is 13.0. The van der Waals surface area contributed by atoms with E-state index in [1.807, 2.05) is 25.2 Å². The molecule has 214 valence electrons. The average Bonchev–Trinajstić information content (AvgIpc) is 3.02. The second kappa shape index (κ2) is 13.0. The molecule has 0 fully saturated rings. The number of hydrogen-bond acceptors (Lipinski definition) is 8. The van der Waals surface area contributed by atoms with Gasteiger partial charge in [-0.15, -0.1) is 0 Å². The van der Waals surface area contributed by atoms with Crippen molar-refractivity contribution in [2.45, 2.75) is 28.9 Å². The standard InChI is InChI=1S/C32H35N3O5S/c1-35(21-17-24-13-15-29(39-3)31-27(24)12-8-19-34-31)20-9-18-32(23-33,41(36,37)26-10-6-5-7-11-26)25-14-16-28(38-2)30(22-25)40-4/h5-8,10-16,19,22H,9,17-18,20-21H2,1-4H3. The maximum absolute atomic E-state index is 14.1. The number of pyridine rings is 1. The van der Waals surface area contributed by atoms with Crippen LogP contribution >= 0.6 is 0 Å². The first-order valence-corrected chi connectivity index (χ1v) is 14.8. The van der Waals surface area contributed by atoms with Gasteiger partial charge in [0, 0.05) is 18.1 Å². The lowest BCUT2D eigenvalue weighted by atomic mass is 9.93. The minimum absolute atomic E-state index is 0.102. The Bertz CT molecular complexity index is 1640. The number of sulfone groups is 1. The van der Waals surface area contributed by atoms with Crippen molar-refractivity contribution < 1.29 is 22.6 Å². The van der Waals surface area contributed by atoms with E-state index in [2.05, 4.69) is 22.0 Å². The van der Waals surface area contributed by atoms with Crippen LogP contribution in [-0.2, 0) is 21.0 Å². The fourth-order valence-corrected chi connectivity index (χ4v) is 7.00. The molecule has 4 rings (SSSR count). The molecule has 9 heteroatoms. The minimum Gasteiger partial charge on any atom is -0.494 e. The number of nitrogens with zero attached hydrogens (tertiary/aromatic N) is 3. The molecule has 0 aliphatic heterocycles. The Morgan fingerprint density at radius 1 is 0.878 bits per heavy atom. The van der Waals surface area contributed by atoms with Crippen molar-refractivity contribution >= 4 is 20.7 Å². The van der Waals surface area contributed by atoms with Crippen molar-refractivity contribution in [2.24, 2.45) is 0 Å². The van der Waals surface area contributed by atoms with Gasteiger partial charge in [-0.1, -0.05) is 36.4 Å². The summed E-state index contributed by atoms with van der Waals surface area (Å²) >= 11 is 0. The first kappa shape index (κ1) is 29.8. The fraction of sp³-hybridized carbons (Fsp3) is 0.312. The molecule has 41 heavy (non-hydrogen) atoms. The third-order valence-corrected chi connectivity index (χ3v) is 9.76. The van der Waals surface area contributed by atoms with Crippen LogP contribution in [0.3, 0.4) is 0 Å². The number of methoxy groups -OCH3 is 3. The van der Waals surface area contributed by atoms with Gasteiger partial charge in [0.05, 0.1) is 32.3 Å². The summed E-state index contributed by atoms with van der Waals surface area (Å²) in [5.74, 6) is 1.56. The van der Waals surface area contributed by atoms with Gasteiger partial charge in [-0.25, -0.2) is 8.42 Å². The van der Waals surface area contributed by atoms with E-state index >= 15 is 0 Å². The second-order valence-corrected chi connectivity index (χ2v) is 12.0. The van der Waals surface area contributed by atoms with E-state index in [1.54, 1.807) is 49.7 Å². The molecule has 1 atom stereocenters. The highest BCUT2D eigenvalue weighted by Gasteiger charge is 2.47. The third kappa shape index (κ3) is 5.99. The van der Waals surface area contributed by atoms with Gasteiger partial charge in [-0.05, 0) is 80.4 Å². The fourth-order valence-electron chi connectivity index (χ4n) is 5.11. The summed E-state index contributed by atoms with van der Waals surface area (Å²) < 4.78 is 42.6. The van der Waals surface area contributed by atoms with Crippen LogP contribution in [0.1, 0.15) is 24.0 Å². The highest BCUT2D eigenvalue weighted by Crippen LogP contribution is 2.42. The van der Waals surface area contributed by atoms with E-state index in [-0.39, 0.29) is 11.3 Å². The highest BCUT2D eigenvalue weighted by atomic mass is 32.2. The van der Waals surface area contributed by atoms with Crippen LogP contribution in [0, 0.1) is 11.3 Å². The maximum Gasteiger partial charge on any atom is 0.201 e. The summed E-state index contributed by atoms with van der Waals surface area (Å²) in [5.41, 5.74) is 2.33. The molecule has 0 aliphatic carbocycles.